The van der Waals surface area contributed by atoms with Crippen LogP contribution in [0.25, 0.3) is 66.4 Å². The predicted octanol–water partition coefficient (Wildman–Crippen LogP) is 12.4. The summed E-state index contributed by atoms with van der Waals surface area (Å²) >= 11 is 0. The molecule has 8 heterocycles. The van der Waals surface area contributed by atoms with Gasteiger partial charge in [-0.3, -0.25) is 9.97 Å². The molecule has 14 rings (SSSR count). The van der Waals surface area contributed by atoms with Crippen LogP contribution in [0.5, 0.6) is 0 Å². The highest BCUT2D eigenvalue weighted by Gasteiger charge is 2.44. The van der Waals surface area contributed by atoms with Crippen LogP contribution >= 0.6 is 0 Å². The van der Waals surface area contributed by atoms with Gasteiger partial charge in [0.1, 0.15) is 23.3 Å². The van der Waals surface area contributed by atoms with Crippen molar-refractivity contribution in [1.82, 2.24) is 49.1 Å². The van der Waals surface area contributed by atoms with Crippen LogP contribution < -0.4 is 0 Å². The molecule has 0 amide bonds. The van der Waals surface area contributed by atoms with Crippen molar-refractivity contribution in [3.63, 3.8) is 0 Å². The lowest BCUT2D eigenvalue weighted by atomic mass is 9.86. The standard InChI is InChI=1S/2C32H33F2N5O2/c2*1-18-30(38(3)37-36-18)23-16-27-24(15-26(23)34)29-28(14-21(17-35-29)32(2,40)20-8-9-20)39(27)31(19-10-12-41-13-11-19)22-6-4-5-7-25(22)33/h2*4-7,14-17,19-20,31,40H,8-13H2,1-3H3/t2*31-,32?/m00/s1. The van der Waals surface area contributed by atoms with E-state index in [4.69, 9.17) is 19.4 Å². The smallest absolute Gasteiger partial charge is 0.133 e. The number of halogens is 4. The summed E-state index contributed by atoms with van der Waals surface area (Å²) in [6.07, 6.45) is 10.3. The highest BCUT2D eigenvalue weighted by atomic mass is 19.1. The third-order valence-corrected chi connectivity index (χ3v) is 18.3. The van der Waals surface area contributed by atoms with Crippen molar-refractivity contribution in [1.29, 1.82) is 0 Å². The molecule has 4 aromatic carbocycles. The summed E-state index contributed by atoms with van der Waals surface area (Å²) in [6, 6.07) is 23.6. The molecule has 2 aliphatic heterocycles. The van der Waals surface area contributed by atoms with Crippen molar-refractivity contribution in [2.24, 2.45) is 37.8 Å². The molecule has 2 aliphatic carbocycles. The van der Waals surface area contributed by atoms with E-state index in [1.807, 2.05) is 62.4 Å². The molecule has 4 aliphatic rings. The molecule has 82 heavy (non-hydrogen) atoms. The van der Waals surface area contributed by atoms with Crippen LogP contribution in [-0.2, 0) is 34.8 Å². The first kappa shape index (κ1) is 53.9. The molecule has 2 saturated heterocycles. The highest BCUT2D eigenvalue weighted by Crippen LogP contribution is 2.50. The molecule has 10 aromatic rings. The minimum Gasteiger partial charge on any atom is -0.385 e. The number of nitrogens with zero attached hydrogens (tertiary/aromatic N) is 10. The third kappa shape index (κ3) is 9.26. The molecular formula is C64H66F4N10O4. The molecule has 0 spiro atoms. The van der Waals surface area contributed by atoms with E-state index >= 15 is 17.6 Å². The van der Waals surface area contributed by atoms with Gasteiger partial charge in [0.05, 0.1) is 79.2 Å². The quantitative estimate of drug-likeness (QED) is 0.113. The number of aliphatic hydroxyl groups is 2. The number of aromatic nitrogens is 10. The second kappa shape index (κ2) is 20.8. The van der Waals surface area contributed by atoms with E-state index in [-0.39, 0.29) is 35.3 Å². The maximum Gasteiger partial charge on any atom is 0.133 e. The maximum atomic E-state index is 15.9. The topological polar surface area (TPSA) is 156 Å². The van der Waals surface area contributed by atoms with Gasteiger partial charge in [-0.1, -0.05) is 46.8 Å². The molecule has 2 unspecified atom stereocenters. The fourth-order valence-corrected chi connectivity index (χ4v) is 13.5. The minimum absolute atomic E-state index is 0.0701. The van der Waals surface area contributed by atoms with Gasteiger partial charge in [-0.25, -0.2) is 26.9 Å². The Morgan fingerprint density at radius 3 is 1.23 bits per heavy atom. The van der Waals surface area contributed by atoms with Crippen LogP contribution in [-0.4, -0.2) is 85.7 Å². The minimum atomic E-state index is -1.04. The zero-order chi connectivity index (χ0) is 56.9. The monoisotopic (exact) mass is 1110 g/mol. The van der Waals surface area contributed by atoms with E-state index in [0.29, 0.717) is 104 Å². The van der Waals surface area contributed by atoms with Gasteiger partial charge < -0.3 is 28.8 Å². The van der Waals surface area contributed by atoms with Gasteiger partial charge in [-0.05, 0) is 151 Å². The molecule has 18 heteroatoms. The lowest BCUT2D eigenvalue weighted by Gasteiger charge is -2.33. The van der Waals surface area contributed by atoms with Gasteiger partial charge in [-0.15, -0.1) is 10.2 Å². The number of pyridine rings is 2. The summed E-state index contributed by atoms with van der Waals surface area (Å²) in [5, 5.41) is 40.7. The Balaban J connectivity index is 0.000000154. The second-order valence-corrected chi connectivity index (χ2v) is 23.6. The number of benzene rings is 4. The van der Waals surface area contributed by atoms with E-state index in [1.165, 1.54) is 24.3 Å². The molecule has 4 fully saturated rings. The molecular weight excluding hydrogens is 1050 g/mol. The molecule has 2 saturated carbocycles. The molecule has 0 bridgehead atoms. The molecule has 14 nitrogen and oxygen atoms in total. The zero-order valence-corrected chi connectivity index (χ0v) is 46.9. The van der Waals surface area contributed by atoms with Crippen LogP contribution in [0, 0.1) is 60.8 Å². The Bertz CT molecular complexity index is 3790. The normalized spacial score (nSPS) is 18.7. The molecule has 0 radical (unpaired) electrons. The van der Waals surface area contributed by atoms with Gasteiger partial charge in [0.2, 0.25) is 0 Å². The molecule has 2 N–H and O–H groups in total. The summed E-state index contributed by atoms with van der Waals surface area (Å²) in [5.74, 6) is -0.919. The van der Waals surface area contributed by atoms with Crippen LogP contribution in [0.3, 0.4) is 0 Å². The Morgan fingerprint density at radius 1 is 0.512 bits per heavy atom. The Kier molecular flexibility index (Phi) is 13.7. The van der Waals surface area contributed by atoms with E-state index in [0.717, 1.165) is 73.4 Å². The van der Waals surface area contributed by atoms with E-state index in [1.54, 1.807) is 61.8 Å². The summed E-state index contributed by atoms with van der Waals surface area (Å²) < 4.78 is 81.9. The van der Waals surface area contributed by atoms with E-state index in [9.17, 15) is 10.2 Å². The summed E-state index contributed by atoms with van der Waals surface area (Å²) in [5.41, 5.74) is 7.84. The molecule has 4 atom stereocenters. The third-order valence-electron chi connectivity index (χ3n) is 18.3. The fourth-order valence-electron chi connectivity index (χ4n) is 13.5. The van der Waals surface area contributed by atoms with E-state index < -0.39 is 34.9 Å². The van der Waals surface area contributed by atoms with Crippen LogP contribution in [0.2, 0.25) is 0 Å². The van der Waals surface area contributed by atoms with Gasteiger partial charge in [-0.2, -0.15) is 0 Å². The predicted molar refractivity (Wildman–Crippen MR) is 305 cm³/mol. The van der Waals surface area contributed by atoms with Crippen molar-refractivity contribution in [3.05, 3.63) is 154 Å². The Morgan fingerprint density at radius 2 is 0.890 bits per heavy atom. The van der Waals surface area contributed by atoms with Crippen molar-refractivity contribution in [2.45, 2.75) is 102 Å². The van der Waals surface area contributed by atoms with Crippen molar-refractivity contribution in [3.8, 4) is 22.5 Å². The summed E-state index contributed by atoms with van der Waals surface area (Å²) in [6.45, 7) is 9.64. The van der Waals surface area contributed by atoms with Crippen molar-refractivity contribution >= 4 is 43.9 Å². The highest BCUT2D eigenvalue weighted by molar-refractivity contribution is 6.08. The number of fused-ring (bicyclic) bond motifs is 6. The fraction of sp³-hybridized carbons (Fsp3) is 0.406. The van der Waals surface area contributed by atoms with Crippen LogP contribution in [0.4, 0.5) is 17.6 Å². The maximum absolute atomic E-state index is 15.9. The number of hydrogen-bond donors (Lipinski definition) is 2. The first-order valence-corrected chi connectivity index (χ1v) is 28.6. The lowest BCUT2D eigenvalue weighted by Crippen LogP contribution is -2.28. The largest absolute Gasteiger partial charge is 0.385 e. The summed E-state index contributed by atoms with van der Waals surface area (Å²) in [7, 11) is 3.49. The average molecular weight is 1120 g/mol. The number of aryl methyl sites for hydroxylation is 4. The zero-order valence-electron chi connectivity index (χ0n) is 46.9. The van der Waals surface area contributed by atoms with Crippen molar-refractivity contribution < 1.29 is 37.2 Å². The van der Waals surface area contributed by atoms with E-state index in [2.05, 4.69) is 29.8 Å². The van der Waals surface area contributed by atoms with Gasteiger partial charge >= 0.3 is 0 Å². The number of hydrogen-bond acceptors (Lipinski definition) is 10. The number of ether oxygens (including phenoxy) is 2. The SMILES string of the molecule is Cc1nnn(C)c1-c1cc2c(cc1F)c1ncc(C(C)(O)C3CC3)cc1n2[C@H](c1ccccc1F)C1CCOCC1.Cc1nnn(C)c1-c1cc2c(cc1F)c1ncc(C(C)(O)C3CC3)cc1n2[C@H](c1ccccc1F)C1CCOCC1. The molecule has 424 valence electrons. The second-order valence-electron chi connectivity index (χ2n) is 23.6. The molecule has 6 aromatic heterocycles. The Hall–Kier alpha value is -7.38. The first-order chi connectivity index (χ1) is 39.5. The van der Waals surface area contributed by atoms with Gasteiger partial charge in [0.25, 0.3) is 0 Å². The number of rotatable bonds is 12. The summed E-state index contributed by atoms with van der Waals surface area (Å²) in [4.78, 5) is 9.65. The van der Waals surface area contributed by atoms with Crippen LogP contribution in [0.15, 0.2) is 97.3 Å². The first-order valence-electron chi connectivity index (χ1n) is 28.6. The lowest BCUT2D eigenvalue weighted by molar-refractivity contribution is 0.0325. The average Bonchev–Trinajstić information content (AvgIpc) is 2.92. The van der Waals surface area contributed by atoms with Crippen molar-refractivity contribution in [2.75, 3.05) is 26.4 Å². The van der Waals surface area contributed by atoms with Gasteiger partial charge in [0.15, 0.2) is 0 Å². The Labute approximate surface area is 471 Å². The van der Waals surface area contributed by atoms with Crippen LogP contribution in [0.1, 0.15) is 111 Å². The van der Waals surface area contributed by atoms with Gasteiger partial charge in [0, 0.05) is 97.1 Å².